The molecule has 2 aromatic carbocycles. The molecule has 4 aromatic rings. The first-order chi connectivity index (χ1) is 22.6. The van der Waals surface area contributed by atoms with Gasteiger partial charge < -0.3 is 25.6 Å². The maximum atomic E-state index is 15.0. The number of nitrogens with zero attached hydrogens (tertiary/aromatic N) is 4. The number of amides is 1. The fourth-order valence-corrected chi connectivity index (χ4v) is 7.15. The number of primary amides is 1. The van der Waals surface area contributed by atoms with Gasteiger partial charge >= 0.3 is 6.61 Å². The molecule has 250 valence electrons. The van der Waals surface area contributed by atoms with Crippen LogP contribution in [0.15, 0.2) is 42.9 Å². The van der Waals surface area contributed by atoms with E-state index in [1.165, 1.54) is 29.4 Å². The number of nitrogens with one attached hydrogen (secondary N) is 2. The van der Waals surface area contributed by atoms with Gasteiger partial charge in [-0.25, -0.2) is 14.4 Å². The predicted octanol–water partition coefficient (Wildman–Crippen LogP) is 5.69. The van der Waals surface area contributed by atoms with Gasteiger partial charge in [0.15, 0.2) is 23.0 Å². The van der Waals surface area contributed by atoms with Crippen molar-refractivity contribution in [1.29, 1.82) is 0 Å². The van der Waals surface area contributed by atoms with Crippen molar-refractivity contribution in [3.05, 3.63) is 71.2 Å². The summed E-state index contributed by atoms with van der Waals surface area (Å²) in [4.78, 5) is 21.3. The number of halogens is 4. The molecule has 2 saturated heterocycles. The highest BCUT2D eigenvalue weighted by Gasteiger charge is 2.34. The molecule has 6 rings (SSSR count). The molecule has 2 aliphatic heterocycles. The number of hydrogen-bond donors (Lipinski definition) is 3. The number of aromatic nitrogens is 3. The normalized spacial score (nSPS) is 20.0. The minimum absolute atomic E-state index is 0.180. The molecule has 0 unspecified atom stereocenters. The van der Waals surface area contributed by atoms with Gasteiger partial charge in [-0.05, 0) is 73.4 Å². The average Bonchev–Trinajstić information content (AvgIpc) is 3.46. The van der Waals surface area contributed by atoms with E-state index < -0.39 is 29.9 Å². The number of rotatable bonds is 12. The molecule has 0 radical (unpaired) electrons. The summed E-state index contributed by atoms with van der Waals surface area (Å²) in [6.07, 6.45) is 9.04. The van der Waals surface area contributed by atoms with Crippen molar-refractivity contribution in [3.63, 3.8) is 0 Å². The first-order valence-corrected chi connectivity index (χ1v) is 16.1. The number of fused-ring (bicyclic) bond motifs is 1. The molecule has 1 amide bonds. The van der Waals surface area contributed by atoms with Crippen molar-refractivity contribution < 1.29 is 31.6 Å². The number of benzene rings is 2. The van der Waals surface area contributed by atoms with Crippen molar-refractivity contribution in [2.24, 2.45) is 17.6 Å². The second kappa shape index (κ2) is 13.5. The molecule has 2 aliphatic rings. The van der Waals surface area contributed by atoms with Crippen LogP contribution in [-0.2, 0) is 12.8 Å². The predicted molar refractivity (Wildman–Crippen MR) is 171 cm³/mol. The van der Waals surface area contributed by atoms with Crippen molar-refractivity contribution >= 4 is 23.1 Å². The number of ether oxygens (including phenoxy) is 1. The Hall–Kier alpha value is -4.23. The largest absolute Gasteiger partial charge is 0.432 e. The summed E-state index contributed by atoms with van der Waals surface area (Å²) in [6, 6.07) is 5.65. The monoisotopic (exact) mass is 654 g/mol. The lowest BCUT2D eigenvalue weighted by Gasteiger charge is -2.44. The van der Waals surface area contributed by atoms with E-state index in [1.54, 1.807) is 12.3 Å². The second-order valence-corrected chi connectivity index (χ2v) is 12.9. The standard InChI is InChI=1S/C34H39F4N7O2/c1-3-22-23(5-4-20-10-14-45(2,15-11-20)19-21-16-40-17-21)26(8-6-24(22)31(39)46)43-32-33-42-18-27(44(33)13-12-41-32)25-7-9-28(47-34(37)38)30(36)29(25)35/h6-9,12-13,18,20-21,34,40H,3-5,10-11,14-17,19H2,1-2H3,(H2-,39,41,43,46)/p+1. The number of piperidine rings is 1. The molecular formula is C34H40F4N7O2+. The topological polar surface area (TPSA) is 107 Å². The van der Waals surface area contributed by atoms with Crippen LogP contribution in [0.3, 0.4) is 0 Å². The summed E-state index contributed by atoms with van der Waals surface area (Å²) in [7, 11) is 2.37. The molecule has 47 heavy (non-hydrogen) atoms. The van der Waals surface area contributed by atoms with E-state index in [9.17, 15) is 18.0 Å². The SMILES string of the molecule is CCc1c(C(N)=O)ccc(Nc2nccn3c(-c4ccc(OC(F)F)c(F)c4F)cnc23)c1CCC1CC[N+](C)(CC2CNC2)CC1. The maximum absolute atomic E-state index is 15.0. The van der Waals surface area contributed by atoms with Crippen molar-refractivity contribution in [2.45, 2.75) is 45.6 Å². The number of likely N-dealkylation sites (tertiary alicyclic amines) is 1. The number of anilines is 2. The van der Waals surface area contributed by atoms with Crippen LogP contribution in [0.1, 0.15) is 47.7 Å². The zero-order chi connectivity index (χ0) is 33.3. The molecule has 0 bridgehead atoms. The third kappa shape index (κ3) is 6.77. The van der Waals surface area contributed by atoms with Gasteiger partial charge in [-0.3, -0.25) is 9.20 Å². The van der Waals surface area contributed by atoms with Crippen LogP contribution in [0, 0.1) is 23.5 Å². The number of quaternary nitrogens is 1. The summed E-state index contributed by atoms with van der Waals surface area (Å²) in [5.74, 6) is -2.52. The Kier molecular flexibility index (Phi) is 9.38. The summed E-state index contributed by atoms with van der Waals surface area (Å²) >= 11 is 0. The third-order valence-corrected chi connectivity index (χ3v) is 9.79. The van der Waals surface area contributed by atoms with Crippen LogP contribution in [0.2, 0.25) is 0 Å². The molecule has 0 atom stereocenters. The summed E-state index contributed by atoms with van der Waals surface area (Å²) in [6.45, 7) is 4.49. The van der Waals surface area contributed by atoms with Gasteiger partial charge in [-0.15, -0.1) is 0 Å². The molecule has 13 heteroatoms. The van der Waals surface area contributed by atoms with Crippen LogP contribution < -0.4 is 21.1 Å². The number of imidazole rings is 1. The molecule has 4 N–H and O–H groups in total. The zero-order valence-corrected chi connectivity index (χ0v) is 26.5. The van der Waals surface area contributed by atoms with Gasteiger partial charge in [-0.1, -0.05) is 6.92 Å². The summed E-state index contributed by atoms with van der Waals surface area (Å²) in [5.41, 5.74) is 9.26. The number of nitrogens with two attached hydrogens (primary N) is 1. The molecule has 2 fully saturated rings. The Balaban J connectivity index is 1.26. The average molecular weight is 655 g/mol. The number of hydrogen-bond acceptors (Lipinski definition) is 6. The highest BCUT2D eigenvalue weighted by molar-refractivity contribution is 5.95. The fraction of sp³-hybridized carbons (Fsp3) is 0.441. The first-order valence-electron chi connectivity index (χ1n) is 16.1. The van der Waals surface area contributed by atoms with Gasteiger partial charge in [0.2, 0.25) is 11.7 Å². The zero-order valence-electron chi connectivity index (χ0n) is 26.5. The second-order valence-electron chi connectivity index (χ2n) is 12.9. The molecule has 2 aromatic heterocycles. The highest BCUT2D eigenvalue weighted by atomic mass is 19.3. The quantitative estimate of drug-likeness (QED) is 0.134. The van der Waals surface area contributed by atoms with E-state index in [0.29, 0.717) is 29.4 Å². The van der Waals surface area contributed by atoms with E-state index in [0.717, 1.165) is 85.1 Å². The minimum Gasteiger partial charge on any atom is -0.432 e. The molecule has 9 nitrogen and oxygen atoms in total. The van der Waals surface area contributed by atoms with Gasteiger partial charge in [-0.2, -0.15) is 13.2 Å². The summed E-state index contributed by atoms with van der Waals surface area (Å²) in [5, 5.41) is 6.76. The van der Waals surface area contributed by atoms with E-state index in [1.807, 2.05) is 13.0 Å². The highest BCUT2D eigenvalue weighted by Crippen LogP contribution is 2.35. The van der Waals surface area contributed by atoms with Crippen molar-refractivity contribution in [1.82, 2.24) is 19.7 Å². The lowest BCUT2D eigenvalue weighted by atomic mass is 9.86. The molecule has 0 spiro atoms. The van der Waals surface area contributed by atoms with Crippen LogP contribution in [0.4, 0.5) is 29.1 Å². The van der Waals surface area contributed by atoms with Gasteiger partial charge in [0.05, 0.1) is 38.6 Å². The first kappa shape index (κ1) is 32.7. The van der Waals surface area contributed by atoms with Crippen LogP contribution in [0.5, 0.6) is 5.75 Å². The maximum Gasteiger partial charge on any atom is 0.387 e. The van der Waals surface area contributed by atoms with Gasteiger partial charge in [0.1, 0.15) is 0 Å². The molecule has 4 heterocycles. The molecule has 0 aliphatic carbocycles. The number of alkyl halides is 2. The Labute approximate surface area is 270 Å². The minimum atomic E-state index is -3.29. The van der Waals surface area contributed by atoms with E-state index >= 15 is 4.39 Å². The Bertz CT molecular complexity index is 1770. The number of carbonyl (C=O) groups excluding carboxylic acids is 1. The summed E-state index contributed by atoms with van der Waals surface area (Å²) < 4.78 is 61.6. The Morgan fingerprint density at radius 1 is 1.11 bits per heavy atom. The Morgan fingerprint density at radius 3 is 2.53 bits per heavy atom. The third-order valence-electron chi connectivity index (χ3n) is 9.79. The number of carbonyl (C=O) groups is 1. The van der Waals surface area contributed by atoms with E-state index in [-0.39, 0.29) is 11.3 Å². The molecule has 0 saturated carbocycles. The van der Waals surface area contributed by atoms with Gasteiger partial charge in [0.25, 0.3) is 0 Å². The molecular weight excluding hydrogens is 614 g/mol. The van der Waals surface area contributed by atoms with Crippen molar-refractivity contribution in [2.75, 3.05) is 45.1 Å². The smallest absolute Gasteiger partial charge is 0.387 e. The van der Waals surface area contributed by atoms with Crippen molar-refractivity contribution in [3.8, 4) is 17.0 Å². The van der Waals surface area contributed by atoms with Crippen LogP contribution in [0.25, 0.3) is 16.9 Å². The van der Waals surface area contributed by atoms with Gasteiger partial charge in [0, 0.05) is 48.2 Å². The van der Waals surface area contributed by atoms with E-state index in [4.69, 9.17) is 5.73 Å². The van der Waals surface area contributed by atoms with Crippen LogP contribution >= 0.6 is 0 Å². The lowest BCUT2D eigenvalue weighted by molar-refractivity contribution is -0.918. The van der Waals surface area contributed by atoms with E-state index in [2.05, 4.69) is 32.4 Å². The fourth-order valence-electron chi connectivity index (χ4n) is 7.15. The van der Waals surface area contributed by atoms with Crippen LogP contribution in [-0.4, -0.2) is 71.1 Å². The lowest BCUT2D eigenvalue weighted by Crippen LogP contribution is -2.57. The Morgan fingerprint density at radius 2 is 1.87 bits per heavy atom.